The molecule has 0 aromatic rings. The summed E-state index contributed by atoms with van der Waals surface area (Å²) >= 11 is -1.22. The fraction of sp³-hybridized carbons (Fsp3) is 0.667. The Morgan fingerprint density at radius 2 is 2.50 bits per heavy atom. The van der Waals surface area contributed by atoms with E-state index in [1.54, 1.807) is 0 Å². The van der Waals surface area contributed by atoms with Crippen LogP contribution in [0, 0.1) is 6.92 Å². The Morgan fingerprint density at radius 3 is 3.00 bits per heavy atom. The highest BCUT2D eigenvalue weighted by molar-refractivity contribution is 8.06. The molecule has 0 aromatic heterocycles. The lowest BCUT2D eigenvalue weighted by molar-refractivity contribution is -0.113. The van der Waals surface area contributed by atoms with Crippen LogP contribution in [0.2, 0.25) is 0 Å². The van der Waals surface area contributed by atoms with Gasteiger partial charge in [-0.3, -0.25) is 4.90 Å². The molecule has 0 saturated carbocycles. The van der Waals surface area contributed by atoms with E-state index < -0.39 is 11.2 Å². The van der Waals surface area contributed by atoms with Gasteiger partial charge in [0.1, 0.15) is 12.3 Å². The Labute approximate surface area is 63.6 Å². The minimum atomic E-state index is -1.22. The van der Waals surface area contributed by atoms with E-state index in [0.29, 0.717) is 18.8 Å². The van der Waals surface area contributed by atoms with Crippen LogP contribution in [0.25, 0.3) is 0 Å². The van der Waals surface area contributed by atoms with Crippen molar-refractivity contribution in [1.82, 2.24) is 4.90 Å². The van der Waals surface area contributed by atoms with Crippen LogP contribution in [-0.2, 0) is 16.0 Å². The van der Waals surface area contributed by atoms with Crippen LogP contribution in [-0.4, -0.2) is 40.0 Å². The van der Waals surface area contributed by atoms with E-state index in [0.717, 1.165) is 6.54 Å². The summed E-state index contributed by atoms with van der Waals surface area (Å²) in [6.45, 7) is 5.33. The third-order valence-corrected chi connectivity index (χ3v) is 2.71. The maximum absolute atomic E-state index is 10.8. The first-order valence-electron chi connectivity index (χ1n) is 3.17. The Morgan fingerprint density at radius 1 is 1.80 bits per heavy atom. The predicted octanol–water partition coefficient (Wildman–Crippen LogP) is -0.589. The lowest BCUT2D eigenvalue weighted by Crippen LogP contribution is -2.43. The van der Waals surface area contributed by atoms with Crippen LogP contribution < -0.4 is 0 Å². The predicted molar refractivity (Wildman–Crippen MR) is 39.8 cm³/mol. The zero-order chi connectivity index (χ0) is 7.56. The van der Waals surface area contributed by atoms with Crippen LogP contribution >= 0.6 is 0 Å². The number of hydrogen-bond acceptors (Lipinski definition) is 3. The zero-order valence-electron chi connectivity index (χ0n) is 5.71. The third kappa shape index (κ3) is 1.71. The van der Waals surface area contributed by atoms with Crippen LogP contribution in [0.3, 0.4) is 0 Å². The SMILES string of the molecule is [CH2]CN1CC[S@+]([O-])C(=O)C1. The first kappa shape index (κ1) is 8.04. The van der Waals surface area contributed by atoms with Gasteiger partial charge in [0.25, 0.3) is 0 Å². The van der Waals surface area contributed by atoms with Gasteiger partial charge in [-0.05, 0) is 13.5 Å². The summed E-state index contributed by atoms with van der Waals surface area (Å²) in [5, 5.41) is -0.157. The van der Waals surface area contributed by atoms with Gasteiger partial charge in [0, 0.05) is 17.7 Å². The lowest BCUT2D eigenvalue weighted by atomic mass is 10.5. The lowest BCUT2D eigenvalue weighted by Gasteiger charge is -2.24. The van der Waals surface area contributed by atoms with Crippen molar-refractivity contribution in [2.45, 2.75) is 0 Å². The van der Waals surface area contributed by atoms with Crippen molar-refractivity contribution in [3.8, 4) is 0 Å². The molecule has 0 unspecified atom stereocenters. The molecule has 1 rings (SSSR count). The largest absolute Gasteiger partial charge is 0.609 e. The molecule has 0 spiro atoms. The van der Waals surface area contributed by atoms with Gasteiger partial charge in [0.2, 0.25) is 0 Å². The molecular weight excluding hydrogens is 150 g/mol. The minimum Gasteiger partial charge on any atom is -0.609 e. The Balaban J connectivity index is 2.41. The third-order valence-electron chi connectivity index (χ3n) is 1.52. The molecule has 4 heteroatoms. The van der Waals surface area contributed by atoms with Gasteiger partial charge in [-0.2, -0.15) is 0 Å². The van der Waals surface area contributed by atoms with E-state index in [1.165, 1.54) is 0 Å². The summed E-state index contributed by atoms with van der Waals surface area (Å²) < 4.78 is 10.8. The van der Waals surface area contributed by atoms with Gasteiger partial charge in [0.15, 0.2) is 0 Å². The molecule has 0 aromatic carbocycles. The van der Waals surface area contributed by atoms with Gasteiger partial charge in [-0.15, -0.1) is 0 Å². The highest BCUT2D eigenvalue weighted by Crippen LogP contribution is 2.03. The maximum atomic E-state index is 10.8. The van der Waals surface area contributed by atoms with E-state index >= 15 is 0 Å². The molecule has 1 radical (unpaired) electrons. The van der Waals surface area contributed by atoms with Crippen molar-refractivity contribution >= 4 is 16.3 Å². The molecule has 1 atom stereocenters. The highest BCUT2D eigenvalue weighted by atomic mass is 32.2. The molecular formula is C6H10NO2S. The van der Waals surface area contributed by atoms with Crippen LogP contribution in [0.1, 0.15) is 0 Å². The summed E-state index contributed by atoms with van der Waals surface area (Å²) in [5.74, 6) is 0.481. The van der Waals surface area contributed by atoms with Crippen molar-refractivity contribution < 1.29 is 9.35 Å². The van der Waals surface area contributed by atoms with Gasteiger partial charge < -0.3 is 4.55 Å². The molecule has 0 amide bonds. The fourth-order valence-corrected chi connectivity index (χ4v) is 1.83. The van der Waals surface area contributed by atoms with Gasteiger partial charge in [-0.25, -0.2) is 4.79 Å². The number of carbonyl (C=O) groups excluding carboxylic acids is 1. The molecule has 0 bridgehead atoms. The summed E-state index contributed by atoms with van der Waals surface area (Å²) in [6.07, 6.45) is 0. The van der Waals surface area contributed by atoms with Crippen molar-refractivity contribution in [2.24, 2.45) is 0 Å². The number of carbonyl (C=O) groups is 1. The Kier molecular flexibility index (Phi) is 2.71. The molecule has 1 heterocycles. The van der Waals surface area contributed by atoms with Gasteiger partial charge in [0.05, 0.1) is 0 Å². The van der Waals surface area contributed by atoms with Crippen LogP contribution in [0.4, 0.5) is 0 Å². The second-order valence-electron chi connectivity index (χ2n) is 2.20. The second kappa shape index (κ2) is 3.37. The maximum Gasteiger partial charge on any atom is 0.342 e. The molecule has 3 nitrogen and oxygen atoms in total. The van der Waals surface area contributed by atoms with Crippen molar-refractivity contribution in [2.75, 3.05) is 25.4 Å². The van der Waals surface area contributed by atoms with E-state index in [4.69, 9.17) is 0 Å². The summed E-state index contributed by atoms with van der Waals surface area (Å²) in [7, 11) is 0. The van der Waals surface area contributed by atoms with Crippen LogP contribution in [0.15, 0.2) is 0 Å². The van der Waals surface area contributed by atoms with Crippen molar-refractivity contribution in [1.29, 1.82) is 0 Å². The first-order chi connectivity index (χ1) is 4.74. The van der Waals surface area contributed by atoms with Crippen molar-refractivity contribution in [3.05, 3.63) is 6.92 Å². The summed E-state index contributed by atoms with van der Waals surface area (Å²) in [5.41, 5.74) is 0. The number of hydrogen-bond donors (Lipinski definition) is 0. The first-order valence-corrected chi connectivity index (χ1v) is 4.48. The average molecular weight is 160 g/mol. The summed E-state index contributed by atoms with van der Waals surface area (Å²) in [4.78, 5) is 12.7. The number of rotatable bonds is 1. The van der Waals surface area contributed by atoms with E-state index in [1.807, 2.05) is 4.90 Å². The molecule has 1 saturated heterocycles. The van der Waals surface area contributed by atoms with E-state index in [2.05, 4.69) is 6.92 Å². The molecule has 1 aliphatic heterocycles. The van der Waals surface area contributed by atoms with Crippen LogP contribution in [0.5, 0.6) is 0 Å². The quantitative estimate of drug-likeness (QED) is 0.482. The smallest absolute Gasteiger partial charge is 0.342 e. The molecule has 0 aliphatic carbocycles. The second-order valence-corrected chi connectivity index (χ2v) is 3.75. The fourth-order valence-electron chi connectivity index (χ4n) is 0.850. The monoisotopic (exact) mass is 160 g/mol. The van der Waals surface area contributed by atoms with Crippen molar-refractivity contribution in [3.63, 3.8) is 0 Å². The zero-order valence-corrected chi connectivity index (χ0v) is 6.52. The number of nitrogens with zero attached hydrogens (tertiary/aromatic N) is 1. The van der Waals surface area contributed by atoms with Gasteiger partial charge in [-0.1, -0.05) is 0 Å². The molecule has 57 valence electrons. The molecule has 0 N–H and O–H groups in total. The molecule has 10 heavy (non-hydrogen) atoms. The molecule has 1 fully saturated rings. The minimum absolute atomic E-state index is 0.157. The van der Waals surface area contributed by atoms with E-state index in [-0.39, 0.29) is 5.12 Å². The van der Waals surface area contributed by atoms with Gasteiger partial charge >= 0.3 is 5.12 Å². The Bertz CT molecular complexity index is 140. The average Bonchev–Trinajstić information content (AvgIpc) is 1.95. The topological polar surface area (TPSA) is 43.4 Å². The standard InChI is InChI=1S/C6H10NO2S/c1-2-7-3-4-10(9)6(8)5-7/h1-5H2/t10-/m0/s1. The Hall–Kier alpha value is -0.0600. The highest BCUT2D eigenvalue weighted by Gasteiger charge is 2.27. The summed E-state index contributed by atoms with van der Waals surface area (Å²) in [6, 6.07) is 0. The molecule has 1 aliphatic rings. The normalized spacial score (nSPS) is 29.0. The van der Waals surface area contributed by atoms with E-state index in [9.17, 15) is 9.35 Å².